The van der Waals surface area contributed by atoms with Crippen molar-refractivity contribution in [2.24, 2.45) is 4.99 Å². The number of rotatable bonds is 5. The molecule has 0 aliphatic carbocycles. The third kappa shape index (κ3) is 6.87. The van der Waals surface area contributed by atoms with Gasteiger partial charge in [-0.25, -0.2) is 0 Å². The van der Waals surface area contributed by atoms with Crippen molar-refractivity contribution in [1.29, 1.82) is 0 Å². The molecular weight excluding hydrogens is 425 g/mol. The molecule has 0 amide bonds. The lowest BCUT2D eigenvalue weighted by Crippen LogP contribution is -2.43. The van der Waals surface area contributed by atoms with E-state index in [1.165, 1.54) is 4.88 Å². The minimum atomic E-state index is 0. The number of hydrogen-bond acceptors (Lipinski definition) is 3. The maximum Gasteiger partial charge on any atom is 0.193 e. The molecule has 0 unspecified atom stereocenters. The normalized spacial score (nSPS) is 12.0. The van der Waals surface area contributed by atoms with Gasteiger partial charge in [0.25, 0.3) is 0 Å². The van der Waals surface area contributed by atoms with Crippen LogP contribution in [0.5, 0.6) is 0 Å². The van der Waals surface area contributed by atoms with E-state index in [0.29, 0.717) is 0 Å². The molecule has 1 N–H and O–H groups in total. The molecule has 0 fully saturated rings. The predicted molar refractivity (Wildman–Crippen MR) is 105 cm³/mol. The molecule has 0 aliphatic heterocycles. The van der Waals surface area contributed by atoms with Crippen LogP contribution < -0.4 is 5.32 Å². The van der Waals surface area contributed by atoms with E-state index in [4.69, 9.17) is 11.6 Å². The van der Waals surface area contributed by atoms with E-state index >= 15 is 0 Å². The summed E-state index contributed by atoms with van der Waals surface area (Å²) in [7, 11) is 3.85. The summed E-state index contributed by atoms with van der Waals surface area (Å²) in [5, 5.41) is 3.41. The van der Waals surface area contributed by atoms with Crippen molar-refractivity contribution in [2.75, 3.05) is 26.9 Å². The largest absolute Gasteiger partial charge is 0.355 e. The van der Waals surface area contributed by atoms with Gasteiger partial charge in [0.15, 0.2) is 5.96 Å². The molecule has 0 bridgehead atoms. The van der Waals surface area contributed by atoms with E-state index in [0.717, 1.165) is 23.4 Å². The van der Waals surface area contributed by atoms with Gasteiger partial charge < -0.3 is 10.2 Å². The van der Waals surface area contributed by atoms with E-state index in [-0.39, 0.29) is 28.7 Å². The molecule has 0 saturated carbocycles. The lowest BCUT2D eigenvalue weighted by molar-refractivity contribution is 0.476. The van der Waals surface area contributed by atoms with Crippen LogP contribution in [0.15, 0.2) is 17.1 Å². The summed E-state index contributed by atoms with van der Waals surface area (Å²) in [5.41, 5.74) is 0. The Hall–Kier alpha value is 0.340. The van der Waals surface area contributed by atoms with Crippen LogP contribution in [0, 0.1) is 0 Å². The van der Waals surface area contributed by atoms with Crippen LogP contribution in [0.25, 0.3) is 0 Å². The van der Waals surface area contributed by atoms with Gasteiger partial charge in [0.2, 0.25) is 0 Å². The summed E-state index contributed by atoms with van der Waals surface area (Å²) in [5.74, 6) is 0.909. The summed E-state index contributed by atoms with van der Waals surface area (Å²) in [6, 6.07) is 3.99. The van der Waals surface area contributed by atoms with Crippen molar-refractivity contribution in [3.05, 3.63) is 21.3 Å². The molecule has 0 saturated heterocycles. The Morgan fingerprint density at radius 3 is 2.60 bits per heavy atom. The average Bonchev–Trinajstić information content (AvgIpc) is 2.75. The summed E-state index contributed by atoms with van der Waals surface area (Å²) in [6.45, 7) is 6.14. The van der Waals surface area contributed by atoms with Crippen molar-refractivity contribution in [3.63, 3.8) is 0 Å². The van der Waals surface area contributed by atoms with Crippen LogP contribution in [0.3, 0.4) is 0 Å². The smallest absolute Gasteiger partial charge is 0.193 e. The van der Waals surface area contributed by atoms with Crippen LogP contribution in [0.1, 0.15) is 18.7 Å². The fourth-order valence-corrected chi connectivity index (χ4v) is 2.85. The van der Waals surface area contributed by atoms with Crippen molar-refractivity contribution in [2.45, 2.75) is 25.1 Å². The van der Waals surface area contributed by atoms with Crippen molar-refractivity contribution < 1.29 is 0 Å². The van der Waals surface area contributed by atoms with E-state index in [2.05, 4.69) is 41.4 Å². The molecule has 0 spiro atoms. The molecule has 0 radical (unpaired) electrons. The summed E-state index contributed by atoms with van der Waals surface area (Å²) >= 11 is 9.40. The Morgan fingerprint density at radius 1 is 1.50 bits per heavy atom. The van der Waals surface area contributed by atoms with E-state index in [9.17, 15) is 0 Å². The highest BCUT2D eigenvalue weighted by Gasteiger charge is 2.17. The monoisotopic (exact) mass is 447 g/mol. The Morgan fingerprint density at radius 2 is 2.15 bits per heavy atom. The van der Waals surface area contributed by atoms with E-state index < -0.39 is 0 Å². The van der Waals surface area contributed by atoms with Gasteiger partial charge in [-0.1, -0.05) is 11.6 Å². The summed E-state index contributed by atoms with van der Waals surface area (Å²) < 4.78 is 1.03. The molecule has 1 aromatic rings. The second-order valence-electron chi connectivity index (χ2n) is 4.93. The third-order valence-corrected chi connectivity index (χ3v) is 5.29. The van der Waals surface area contributed by atoms with Crippen LogP contribution in [-0.2, 0) is 6.54 Å². The van der Waals surface area contributed by atoms with Crippen molar-refractivity contribution in [3.8, 4) is 0 Å². The lowest BCUT2D eigenvalue weighted by atomic mass is 10.2. The molecule has 3 nitrogen and oxygen atoms in total. The number of guanidine groups is 1. The number of thioether (sulfide) groups is 1. The molecule has 116 valence electrons. The average molecular weight is 448 g/mol. The lowest BCUT2D eigenvalue weighted by Gasteiger charge is -2.27. The van der Waals surface area contributed by atoms with Crippen LogP contribution in [0.2, 0.25) is 4.34 Å². The van der Waals surface area contributed by atoms with Gasteiger partial charge in [-0.15, -0.1) is 35.3 Å². The third-order valence-electron chi connectivity index (χ3n) is 2.82. The van der Waals surface area contributed by atoms with Gasteiger partial charge in [0.05, 0.1) is 10.9 Å². The number of hydrogen-bond donors (Lipinski definition) is 1. The number of aliphatic imine (C=N–C) groups is 1. The zero-order valence-corrected chi connectivity index (χ0v) is 17.3. The molecule has 1 rings (SSSR count). The maximum atomic E-state index is 5.95. The minimum absolute atomic E-state index is 0. The Labute approximate surface area is 152 Å². The Balaban J connectivity index is 0.00000361. The van der Waals surface area contributed by atoms with Crippen LogP contribution in [0.4, 0.5) is 0 Å². The van der Waals surface area contributed by atoms with E-state index in [1.54, 1.807) is 11.3 Å². The van der Waals surface area contributed by atoms with Gasteiger partial charge in [0, 0.05) is 30.3 Å². The zero-order chi connectivity index (χ0) is 14.5. The second-order valence-corrected chi connectivity index (χ2v) is 8.24. The standard InChI is InChI=1S/C13H22ClN3S2.HI/c1-13(2,18-5)9-16-12(15-3)17(4)8-10-6-7-11(14)19-10;/h6-7H,8-9H2,1-5H3,(H,15,16);1H. The highest BCUT2D eigenvalue weighted by molar-refractivity contribution is 14.0. The zero-order valence-electron chi connectivity index (χ0n) is 12.6. The fraction of sp³-hybridized carbons (Fsp3) is 0.615. The second kappa shape index (κ2) is 9.38. The topological polar surface area (TPSA) is 27.6 Å². The van der Waals surface area contributed by atoms with Crippen LogP contribution >= 0.6 is 58.7 Å². The van der Waals surface area contributed by atoms with Crippen molar-refractivity contribution in [1.82, 2.24) is 10.2 Å². The molecule has 1 aromatic heterocycles. The molecule has 1 heterocycles. The quantitative estimate of drug-likeness (QED) is 0.417. The SMILES string of the molecule is CN=C(NCC(C)(C)SC)N(C)Cc1ccc(Cl)s1.I. The molecule has 0 aromatic carbocycles. The number of thiophene rings is 1. The summed E-state index contributed by atoms with van der Waals surface area (Å²) in [6.07, 6.45) is 2.13. The van der Waals surface area contributed by atoms with Gasteiger partial charge >= 0.3 is 0 Å². The Bertz CT molecular complexity index is 435. The first-order chi connectivity index (χ1) is 8.88. The number of halogens is 2. The Kier molecular flexibility index (Phi) is 9.54. The van der Waals surface area contributed by atoms with Crippen LogP contribution in [-0.4, -0.2) is 42.5 Å². The minimum Gasteiger partial charge on any atom is -0.355 e. The molecule has 20 heavy (non-hydrogen) atoms. The first-order valence-electron chi connectivity index (χ1n) is 6.09. The fourth-order valence-electron chi connectivity index (χ4n) is 1.49. The van der Waals surface area contributed by atoms with Gasteiger partial charge in [-0.2, -0.15) is 11.8 Å². The first kappa shape index (κ1) is 20.3. The number of nitrogens with one attached hydrogen (secondary N) is 1. The molecule has 7 heteroatoms. The molecular formula is C13H23ClIN3S2. The first-order valence-corrected chi connectivity index (χ1v) is 8.51. The number of nitrogens with zero attached hydrogens (tertiary/aromatic N) is 2. The predicted octanol–water partition coefficient (Wildman–Crippen LogP) is 4.17. The molecule has 0 atom stereocenters. The highest BCUT2D eigenvalue weighted by Crippen LogP contribution is 2.22. The highest BCUT2D eigenvalue weighted by atomic mass is 127. The van der Waals surface area contributed by atoms with Gasteiger partial charge in [0.1, 0.15) is 0 Å². The summed E-state index contributed by atoms with van der Waals surface area (Å²) in [4.78, 5) is 7.67. The van der Waals surface area contributed by atoms with E-state index in [1.807, 2.05) is 31.9 Å². The van der Waals surface area contributed by atoms with Gasteiger partial charge in [-0.3, -0.25) is 4.99 Å². The van der Waals surface area contributed by atoms with Crippen molar-refractivity contribution >= 4 is 64.6 Å². The van der Waals surface area contributed by atoms with Gasteiger partial charge in [-0.05, 0) is 32.2 Å². The maximum absolute atomic E-state index is 5.95. The molecule has 0 aliphatic rings.